The molecule has 98 valence electrons. The Morgan fingerprint density at radius 3 is 2.78 bits per heavy atom. The van der Waals surface area contributed by atoms with E-state index in [0.29, 0.717) is 18.2 Å². The lowest BCUT2D eigenvalue weighted by molar-refractivity contribution is -0.286. The highest BCUT2D eigenvalue weighted by Gasteiger charge is 2.43. The van der Waals surface area contributed by atoms with Gasteiger partial charge in [0.25, 0.3) is 0 Å². The highest BCUT2D eigenvalue weighted by atomic mass is 19.3. The molecule has 0 aliphatic carbocycles. The lowest BCUT2D eigenvalue weighted by atomic mass is 10.3. The molecule has 0 saturated heterocycles. The van der Waals surface area contributed by atoms with Crippen LogP contribution in [0.2, 0.25) is 0 Å². The van der Waals surface area contributed by atoms with Crippen molar-refractivity contribution in [1.29, 1.82) is 0 Å². The fraction of sp³-hybridized carbons (Fsp3) is 0.300. The summed E-state index contributed by atoms with van der Waals surface area (Å²) in [5.41, 5.74) is 2.85. The van der Waals surface area contributed by atoms with E-state index in [1.54, 1.807) is 6.07 Å². The molecule has 8 heteroatoms. The molecule has 0 amide bonds. The van der Waals surface area contributed by atoms with Gasteiger partial charge in [0.15, 0.2) is 11.5 Å². The normalized spacial score (nSPS) is 16.6. The van der Waals surface area contributed by atoms with Crippen LogP contribution in [-0.2, 0) is 0 Å². The van der Waals surface area contributed by atoms with Gasteiger partial charge in [0.2, 0.25) is 5.96 Å². The van der Waals surface area contributed by atoms with E-state index in [1.165, 1.54) is 12.1 Å². The Morgan fingerprint density at radius 2 is 2.11 bits per heavy atom. The zero-order valence-corrected chi connectivity index (χ0v) is 9.54. The van der Waals surface area contributed by atoms with Crippen molar-refractivity contribution in [2.45, 2.75) is 13.2 Å². The zero-order chi connectivity index (χ0) is 13.2. The second-order valence-electron chi connectivity index (χ2n) is 3.42. The number of nitrogens with two attached hydrogens (primary N) is 1. The Morgan fingerprint density at radius 1 is 1.39 bits per heavy atom. The summed E-state index contributed by atoms with van der Waals surface area (Å²) in [6, 6.07) is 4.30. The van der Waals surface area contributed by atoms with Gasteiger partial charge in [-0.15, -0.1) is 8.78 Å². The molecule has 0 spiro atoms. The van der Waals surface area contributed by atoms with Crippen LogP contribution in [0, 0.1) is 0 Å². The average Bonchev–Trinajstić information content (AvgIpc) is 2.61. The monoisotopic (exact) mass is 258 g/mol. The SMILES string of the molecule is CCN=C(NN)Nc1ccc2c(c1)OC(F)(F)O2. The summed E-state index contributed by atoms with van der Waals surface area (Å²) >= 11 is 0. The molecule has 2 rings (SSSR count). The largest absolute Gasteiger partial charge is 0.586 e. The molecular weight excluding hydrogens is 246 g/mol. The predicted molar refractivity (Wildman–Crippen MR) is 61.6 cm³/mol. The van der Waals surface area contributed by atoms with E-state index in [4.69, 9.17) is 5.84 Å². The molecule has 0 fully saturated rings. The molecule has 0 bridgehead atoms. The fourth-order valence-electron chi connectivity index (χ4n) is 1.44. The molecule has 1 aliphatic heterocycles. The lowest BCUT2D eigenvalue weighted by Gasteiger charge is -2.08. The van der Waals surface area contributed by atoms with Crippen molar-refractivity contribution in [3.8, 4) is 11.5 Å². The molecule has 4 N–H and O–H groups in total. The van der Waals surface area contributed by atoms with E-state index >= 15 is 0 Å². The molecule has 1 heterocycles. The minimum atomic E-state index is -3.62. The van der Waals surface area contributed by atoms with E-state index in [1.807, 2.05) is 6.92 Å². The van der Waals surface area contributed by atoms with Gasteiger partial charge in [-0.05, 0) is 19.1 Å². The van der Waals surface area contributed by atoms with Crippen LogP contribution in [-0.4, -0.2) is 18.8 Å². The number of guanidine groups is 1. The quantitative estimate of drug-likeness (QED) is 0.322. The second-order valence-corrected chi connectivity index (χ2v) is 3.42. The minimum absolute atomic E-state index is 0.0137. The topological polar surface area (TPSA) is 80.9 Å². The van der Waals surface area contributed by atoms with Crippen molar-refractivity contribution in [1.82, 2.24) is 5.43 Å². The Kier molecular flexibility index (Phi) is 3.19. The van der Waals surface area contributed by atoms with Crippen molar-refractivity contribution in [3.63, 3.8) is 0 Å². The summed E-state index contributed by atoms with van der Waals surface area (Å²) in [7, 11) is 0. The molecule has 0 aromatic heterocycles. The van der Waals surface area contributed by atoms with Crippen LogP contribution in [0.15, 0.2) is 23.2 Å². The van der Waals surface area contributed by atoms with Gasteiger partial charge < -0.3 is 14.8 Å². The summed E-state index contributed by atoms with van der Waals surface area (Å²) < 4.78 is 34.2. The molecule has 1 aliphatic rings. The molecular formula is C10H12F2N4O2. The highest BCUT2D eigenvalue weighted by molar-refractivity contribution is 5.93. The Bertz CT molecular complexity index is 479. The van der Waals surface area contributed by atoms with Crippen LogP contribution < -0.4 is 26.1 Å². The third-order valence-electron chi connectivity index (χ3n) is 2.12. The molecule has 6 nitrogen and oxygen atoms in total. The van der Waals surface area contributed by atoms with E-state index in [2.05, 4.69) is 25.2 Å². The first-order valence-corrected chi connectivity index (χ1v) is 5.22. The van der Waals surface area contributed by atoms with Crippen LogP contribution in [0.4, 0.5) is 14.5 Å². The number of fused-ring (bicyclic) bond motifs is 1. The van der Waals surface area contributed by atoms with Crippen molar-refractivity contribution >= 4 is 11.6 Å². The summed E-state index contributed by atoms with van der Waals surface area (Å²) in [5, 5.41) is 2.82. The van der Waals surface area contributed by atoms with E-state index in [9.17, 15) is 8.78 Å². The molecule has 0 saturated carbocycles. The number of aliphatic imine (C=N–C) groups is 1. The number of benzene rings is 1. The van der Waals surface area contributed by atoms with E-state index in [-0.39, 0.29) is 11.5 Å². The number of rotatable bonds is 2. The van der Waals surface area contributed by atoms with Crippen LogP contribution in [0.3, 0.4) is 0 Å². The number of anilines is 1. The maximum absolute atomic E-state index is 12.8. The molecule has 18 heavy (non-hydrogen) atoms. The first-order chi connectivity index (χ1) is 8.54. The summed E-state index contributed by atoms with van der Waals surface area (Å²) in [5.74, 6) is 5.51. The van der Waals surface area contributed by atoms with Gasteiger partial charge in [-0.3, -0.25) is 10.4 Å². The van der Waals surface area contributed by atoms with Crippen molar-refractivity contribution < 1.29 is 18.3 Å². The van der Waals surface area contributed by atoms with Crippen LogP contribution in [0.25, 0.3) is 0 Å². The number of nitrogens with zero attached hydrogens (tertiary/aromatic N) is 1. The predicted octanol–water partition coefficient (Wildman–Crippen LogP) is 1.26. The van der Waals surface area contributed by atoms with Gasteiger partial charge in [-0.1, -0.05) is 0 Å². The van der Waals surface area contributed by atoms with Gasteiger partial charge in [0.1, 0.15) is 0 Å². The van der Waals surface area contributed by atoms with E-state index < -0.39 is 6.29 Å². The number of hydrogen-bond donors (Lipinski definition) is 3. The number of alkyl halides is 2. The molecule has 1 aromatic rings. The van der Waals surface area contributed by atoms with Gasteiger partial charge in [0.05, 0.1) is 0 Å². The second kappa shape index (κ2) is 4.65. The Balaban J connectivity index is 2.16. The third-order valence-corrected chi connectivity index (χ3v) is 2.12. The van der Waals surface area contributed by atoms with Crippen LogP contribution in [0.1, 0.15) is 6.92 Å². The minimum Gasteiger partial charge on any atom is -0.395 e. The third kappa shape index (κ3) is 2.59. The number of halogens is 2. The number of nitrogens with one attached hydrogen (secondary N) is 2. The highest BCUT2D eigenvalue weighted by Crippen LogP contribution is 2.42. The first kappa shape index (κ1) is 12.4. The number of ether oxygens (including phenoxy) is 2. The maximum atomic E-state index is 12.8. The summed E-state index contributed by atoms with van der Waals surface area (Å²) in [4.78, 5) is 4.01. The first-order valence-electron chi connectivity index (χ1n) is 5.22. The summed E-state index contributed by atoms with van der Waals surface area (Å²) in [6.07, 6.45) is -3.62. The van der Waals surface area contributed by atoms with Gasteiger partial charge >= 0.3 is 6.29 Å². The van der Waals surface area contributed by atoms with Crippen molar-refractivity contribution in [2.24, 2.45) is 10.8 Å². The maximum Gasteiger partial charge on any atom is 0.586 e. The molecule has 1 aromatic carbocycles. The Hall–Kier alpha value is -2.09. The van der Waals surface area contributed by atoms with Crippen molar-refractivity contribution in [2.75, 3.05) is 11.9 Å². The van der Waals surface area contributed by atoms with Gasteiger partial charge in [0, 0.05) is 18.3 Å². The lowest BCUT2D eigenvalue weighted by Crippen LogP contribution is -2.36. The van der Waals surface area contributed by atoms with E-state index in [0.717, 1.165) is 0 Å². The molecule has 0 atom stereocenters. The zero-order valence-electron chi connectivity index (χ0n) is 9.54. The number of hydrogen-bond acceptors (Lipinski definition) is 4. The van der Waals surface area contributed by atoms with Crippen LogP contribution in [0.5, 0.6) is 11.5 Å². The smallest absolute Gasteiger partial charge is 0.395 e. The average molecular weight is 258 g/mol. The van der Waals surface area contributed by atoms with Crippen molar-refractivity contribution in [3.05, 3.63) is 18.2 Å². The van der Waals surface area contributed by atoms with Gasteiger partial charge in [-0.25, -0.2) is 5.84 Å². The standard InChI is InChI=1S/C10H12F2N4O2/c1-2-14-9(16-13)15-6-3-4-7-8(5-6)18-10(11,12)17-7/h3-5H,2,13H2,1H3,(H2,14,15,16). The van der Waals surface area contributed by atoms with Gasteiger partial charge in [-0.2, -0.15) is 0 Å². The number of hydrazine groups is 1. The molecule has 0 radical (unpaired) electrons. The van der Waals surface area contributed by atoms with Crippen LogP contribution >= 0.6 is 0 Å². The summed E-state index contributed by atoms with van der Waals surface area (Å²) in [6.45, 7) is 2.36. The fourth-order valence-corrected chi connectivity index (χ4v) is 1.44. The Labute approximate surface area is 102 Å². The molecule has 0 unspecified atom stereocenters.